The molecule has 0 heterocycles. The molecule has 1 rings (SSSR count). The van der Waals surface area contributed by atoms with E-state index in [0.717, 1.165) is 5.56 Å². The van der Waals surface area contributed by atoms with Crippen LogP contribution in [0, 0.1) is 5.92 Å². The molecule has 1 N–H and O–H groups in total. The summed E-state index contributed by atoms with van der Waals surface area (Å²) in [5.41, 5.74) is 1.00. The third-order valence-electron chi connectivity index (χ3n) is 2.15. The lowest BCUT2D eigenvalue weighted by atomic mass is 9.98. The van der Waals surface area contributed by atoms with Crippen molar-refractivity contribution in [1.82, 2.24) is 0 Å². The number of hydrogen-bond acceptors (Lipinski definition) is 2. The Bertz CT molecular complexity index is 305. The SMILES string of the molecule is CC(=O)[C@@H](C)Cc1cccc(O)c1. The molecule has 0 aliphatic carbocycles. The molecule has 0 aromatic heterocycles. The monoisotopic (exact) mass is 178 g/mol. The van der Waals surface area contributed by atoms with E-state index in [-0.39, 0.29) is 17.5 Å². The smallest absolute Gasteiger partial charge is 0.132 e. The van der Waals surface area contributed by atoms with E-state index < -0.39 is 0 Å². The molecule has 1 atom stereocenters. The summed E-state index contributed by atoms with van der Waals surface area (Å²) in [6.45, 7) is 3.49. The van der Waals surface area contributed by atoms with Crippen LogP contribution < -0.4 is 0 Å². The second-order valence-corrected chi connectivity index (χ2v) is 3.39. The van der Waals surface area contributed by atoms with Gasteiger partial charge in [-0.2, -0.15) is 0 Å². The molecule has 2 nitrogen and oxygen atoms in total. The minimum atomic E-state index is 0.0294. The number of phenolic OH excluding ortho intramolecular Hbond substituents is 1. The summed E-state index contributed by atoms with van der Waals surface area (Å²) in [7, 11) is 0. The van der Waals surface area contributed by atoms with E-state index in [1.807, 2.05) is 13.0 Å². The number of benzene rings is 1. The summed E-state index contributed by atoms with van der Waals surface area (Å²) in [4.78, 5) is 11.0. The number of aromatic hydroxyl groups is 1. The van der Waals surface area contributed by atoms with Crippen molar-refractivity contribution in [3.8, 4) is 5.75 Å². The Hall–Kier alpha value is -1.31. The van der Waals surface area contributed by atoms with Crippen LogP contribution in [0.4, 0.5) is 0 Å². The highest BCUT2D eigenvalue weighted by atomic mass is 16.3. The minimum absolute atomic E-state index is 0.0294. The molecule has 0 unspecified atom stereocenters. The summed E-state index contributed by atoms with van der Waals surface area (Å²) in [6, 6.07) is 7.03. The first-order valence-corrected chi connectivity index (χ1v) is 4.38. The number of Topliss-reactive ketones (excluding diaryl/α,β-unsaturated/α-hetero) is 1. The van der Waals surface area contributed by atoms with Gasteiger partial charge < -0.3 is 5.11 Å². The topological polar surface area (TPSA) is 37.3 Å². The molecule has 1 aromatic rings. The molecule has 0 aliphatic rings. The minimum Gasteiger partial charge on any atom is -0.508 e. The van der Waals surface area contributed by atoms with Gasteiger partial charge >= 0.3 is 0 Å². The van der Waals surface area contributed by atoms with Gasteiger partial charge in [0.15, 0.2) is 0 Å². The standard InChI is InChI=1S/C11H14O2/c1-8(9(2)12)6-10-4-3-5-11(13)7-10/h3-5,7-8,13H,6H2,1-2H3/t8-/m0/s1. The number of carbonyl (C=O) groups is 1. The van der Waals surface area contributed by atoms with E-state index >= 15 is 0 Å². The van der Waals surface area contributed by atoms with E-state index in [2.05, 4.69) is 0 Å². The van der Waals surface area contributed by atoms with E-state index in [9.17, 15) is 9.90 Å². The van der Waals surface area contributed by atoms with Gasteiger partial charge in [-0.05, 0) is 31.0 Å². The zero-order valence-corrected chi connectivity index (χ0v) is 7.95. The van der Waals surface area contributed by atoms with E-state index in [0.29, 0.717) is 6.42 Å². The van der Waals surface area contributed by atoms with Gasteiger partial charge in [-0.3, -0.25) is 4.79 Å². The zero-order chi connectivity index (χ0) is 9.84. The summed E-state index contributed by atoms with van der Waals surface area (Å²) in [6.07, 6.45) is 0.698. The normalized spacial score (nSPS) is 12.5. The van der Waals surface area contributed by atoms with Crippen molar-refractivity contribution in [2.45, 2.75) is 20.3 Å². The summed E-state index contributed by atoms with van der Waals surface area (Å²) in [5, 5.41) is 9.18. The Morgan fingerprint density at radius 1 is 1.54 bits per heavy atom. The number of rotatable bonds is 3. The molecule has 70 valence electrons. The van der Waals surface area contributed by atoms with Crippen molar-refractivity contribution in [2.24, 2.45) is 5.92 Å². The van der Waals surface area contributed by atoms with Crippen LogP contribution in [0.1, 0.15) is 19.4 Å². The van der Waals surface area contributed by atoms with Crippen molar-refractivity contribution in [3.63, 3.8) is 0 Å². The molecule has 2 heteroatoms. The third kappa shape index (κ3) is 2.90. The molecule has 0 saturated heterocycles. The molecule has 0 amide bonds. The maximum absolute atomic E-state index is 11.0. The highest BCUT2D eigenvalue weighted by Gasteiger charge is 2.08. The Morgan fingerprint density at radius 3 is 2.77 bits per heavy atom. The van der Waals surface area contributed by atoms with Crippen molar-refractivity contribution in [3.05, 3.63) is 29.8 Å². The average Bonchev–Trinajstić information content (AvgIpc) is 2.04. The molecule has 0 saturated carbocycles. The van der Waals surface area contributed by atoms with Gasteiger partial charge in [-0.1, -0.05) is 19.1 Å². The van der Waals surface area contributed by atoms with Crippen LogP contribution >= 0.6 is 0 Å². The first-order chi connectivity index (χ1) is 6.09. The van der Waals surface area contributed by atoms with Gasteiger partial charge in [-0.25, -0.2) is 0 Å². The molecule has 0 radical (unpaired) electrons. The van der Waals surface area contributed by atoms with Crippen molar-refractivity contribution >= 4 is 5.78 Å². The quantitative estimate of drug-likeness (QED) is 0.770. The average molecular weight is 178 g/mol. The molecule has 0 aliphatic heterocycles. The summed E-state index contributed by atoms with van der Waals surface area (Å²) < 4.78 is 0. The van der Waals surface area contributed by atoms with Gasteiger partial charge in [0.2, 0.25) is 0 Å². The lowest BCUT2D eigenvalue weighted by molar-refractivity contribution is -0.120. The maximum Gasteiger partial charge on any atom is 0.132 e. The van der Waals surface area contributed by atoms with Crippen LogP contribution in [0.2, 0.25) is 0 Å². The van der Waals surface area contributed by atoms with Gasteiger partial charge in [0.05, 0.1) is 0 Å². The summed E-state index contributed by atoms with van der Waals surface area (Å²) >= 11 is 0. The number of ketones is 1. The number of phenols is 1. The molecule has 0 fully saturated rings. The van der Waals surface area contributed by atoms with Gasteiger partial charge in [0.1, 0.15) is 11.5 Å². The predicted octanol–water partition coefficient (Wildman–Crippen LogP) is 2.16. The largest absolute Gasteiger partial charge is 0.508 e. The fourth-order valence-electron chi connectivity index (χ4n) is 1.18. The fraction of sp³-hybridized carbons (Fsp3) is 0.364. The summed E-state index contributed by atoms with van der Waals surface area (Å²) in [5.74, 6) is 0.471. The number of hydrogen-bond donors (Lipinski definition) is 1. The fourth-order valence-corrected chi connectivity index (χ4v) is 1.18. The van der Waals surface area contributed by atoms with E-state index in [4.69, 9.17) is 0 Å². The van der Waals surface area contributed by atoms with Gasteiger partial charge in [0.25, 0.3) is 0 Å². The van der Waals surface area contributed by atoms with E-state index in [1.165, 1.54) is 0 Å². The van der Waals surface area contributed by atoms with Gasteiger partial charge in [0, 0.05) is 5.92 Å². The van der Waals surface area contributed by atoms with Crippen LogP contribution in [-0.2, 0) is 11.2 Å². The zero-order valence-electron chi connectivity index (χ0n) is 7.95. The maximum atomic E-state index is 11.0. The van der Waals surface area contributed by atoms with Crippen LogP contribution in [0.3, 0.4) is 0 Å². The first-order valence-electron chi connectivity index (χ1n) is 4.38. The van der Waals surface area contributed by atoms with Crippen molar-refractivity contribution in [1.29, 1.82) is 0 Å². The Morgan fingerprint density at radius 2 is 2.23 bits per heavy atom. The van der Waals surface area contributed by atoms with Crippen LogP contribution in [0.5, 0.6) is 5.75 Å². The van der Waals surface area contributed by atoms with Crippen LogP contribution in [-0.4, -0.2) is 10.9 Å². The Labute approximate surface area is 78.2 Å². The molecular weight excluding hydrogens is 164 g/mol. The van der Waals surface area contributed by atoms with Crippen LogP contribution in [0.25, 0.3) is 0 Å². The molecule has 0 spiro atoms. The van der Waals surface area contributed by atoms with Crippen LogP contribution in [0.15, 0.2) is 24.3 Å². The molecular formula is C11H14O2. The number of carbonyl (C=O) groups excluding carboxylic acids is 1. The van der Waals surface area contributed by atoms with E-state index in [1.54, 1.807) is 25.1 Å². The highest BCUT2D eigenvalue weighted by Crippen LogP contribution is 2.14. The predicted molar refractivity (Wildman–Crippen MR) is 51.7 cm³/mol. The van der Waals surface area contributed by atoms with Crippen molar-refractivity contribution < 1.29 is 9.90 Å². The van der Waals surface area contributed by atoms with Gasteiger partial charge in [-0.15, -0.1) is 0 Å². The Balaban J connectivity index is 2.69. The first kappa shape index (κ1) is 9.78. The second-order valence-electron chi connectivity index (χ2n) is 3.39. The lowest BCUT2D eigenvalue weighted by Crippen LogP contribution is -2.09. The second kappa shape index (κ2) is 4.08. The van der Waals surface area contributed by atoms with Crippen molar-refractivity contribution in [2.75, 3.05) is 0 Å². The third-order valence-corrected chi connectivity index (χ3v) is 2.15. The lowest BCUT2D eigenvalue weighted by Gasteiger charge is -2.07. The Kier molecular flexibility index (Phi) is 3.07. The molecule has 1 aromatic carbocycles. The molecule has 13 heavy (non-hydrogen) atoms. The highest BCUT2D eigenvalue weighted by molar-refractivity contribution is 5.78. The molecule has 0 bridgehead atoms.